The van der Waals surface area contributed by atoms with Gasteiger partial charge in [-0.2, -0.15) is 5.26 Å². The van der Waals surface area contributed by atoms with E-state index >= 15 is 0 Å². The molecule has 0 bridgehead atoms. The molecule has 0 spiro atoms. The van der Waals surface area contributed by atoms with Gasteiger partial charge in [0.05, 0.1) is 23.2 Å². The molecular formula is C31H27N3O7. The zero-order chi connectivity index (χ0) is 28.3. The molecule has 0 saturated heterocycles. The van der Waals surface area contributed by atoms with Crippen molar-refractivity contribution in [2.45, 2.75) is 31.9 Å². The Hall–Kier alpha value is -5.17. The fourth-order valence-corrected chi connectivity index (χ4v) is 5.06. The number of nitriles is 1. The molecule has 3 aromatic rings. The van der Waals surface area contributed by atoms with Crippen LogP contribution in [0, 0.1) is 11.3 Å². The highest BCUT2D eigenvalue weighted by atomic mass is 16.7. The predicted octanol–water partition coefficient (Wildman–Crippen LogP) is 4.60. The van der Waals surface area contributed by atoms with E-state index in [1.54, 1.807) is 49.4 Å². The zero-order valence-electron chi connectivity index (χ0n) is 22.3. The highest BCUT2D eigenvalue weighted by Crippen LogP contribution is 2.38. The summed E-state index contributed by atoms with van der Waals surface area (Å²) in [4.78, 5) is 26.7. The van der Waals surface area contributed by atoms with Crippen molar-refractivity contribution in [1.29, 1.82) is 5.26 Å². The maximum Gasteiger partial charge on any atom is 0.338 e. The number of esters is 1. The van der Waals surface area contributed by atoms with E-state index in [-0.39, 0.29) is 12.4 Å². The Balaban J connectivity index is 1.34. The van der Waals surface area contributed by atoms with E-state index in [4.69, 9.17) is 23.7 Å². The first-order valence-corrected chi connectivity index (χ1v) is 13.3. The molecule has 2 atom stereocenters. The molecule has 2 amide bonds. The Labute approximate surface area is 236 Å². The van der Waals surface area contributed by atoms with Crippen LogP contribution >= 0.6 is 0 Å². The SMILES string of the molecule is CC(OC(=O)C1=C(CCc2ccc3c(c2)OCO3)NC(=O)NC1c1ccc2c(c1)OCCO2)c1cccc(C#N)c1. The van der Waals surface area contributed by atoms with Crippen molar-refractivity contribution in [2.24, 2.45) is 0 Å². The third-order valence-electron chi connectivity index (χ3n) is 7.14. The second-order valence-electron chi connectivity index (χ2n) is 9.80. The summed E-state index contributed by atoms with van der Waals surface area (Å²) in [6.45, 7) is 2.77. The fraction of sp³-hybridized carbons (Fsp3) is 0.258. The summed E-state index contributed by atoms with van der Waals surface area (Å²) < 4.78 is 28.2. The number of aryl methyl sites for hydroxylation is 1. The van der Waals surface area contributed by atoms with E-state index in [0.717, 1.165) is 5.56 Å². The minimum atomic E-state index is -0.795. The average molecular weight is 554 g/mol. The molecule has 41 heavy (non-hydrogen) atoms. The Morgan fingerprint density at radius 3 is 2.59 bits per heavy atom. The van der Waals surface area contributed by atoms with Gasteiger partial charge in [0.2, 0.25) is 6.79 Å². The number of amides is 2. The summed E-state index contributed by atoms with van der Waals surface area (Å²) >= 11 is 0. The molecule has 3 aromatic carbocycles. The second-order valence-corrected chi connectivity index (χ2v) is 9.80. The lowest BCUT2D eigenvalue weighted by molar-refractivity contribution is -0.144. The smallest absolute Gasteiger partial charge is 0.338 e. The van der Waals surface area contributed by atoms with Crippen LogP contribution in [0.2, 0.25) is 0 Å². The minimum Gasteiger partial charge on any atom is -0.486 e. The minimum absolute atomic E-state index is 0.175. The van der Waals surface area contributed by atoms with Crippen LogP contribution in [0.5, 0.6) is 23.0 Å². The molecular weight excluding hydrogens is 526 g/mol. The third-order valence-corrected chi connectivity index (χ3v) is 7.14. The lowest BCUT2D eigenvalue weighted by Gasteiger charge is -2.31. The first-order chi connectivity index (χ1) is 20.0. The molecule has 0 radical (unpaired) electrons. The van der Waals surface area contributed by atoms with E-state index in [9.17, 15) is 14.9 Å². The molecule has 10 nitrogen and oxygen atoms in total. The molecule has 2 N–H and O–H groups in total. The van der Waals surface area contributed by atoms with Crippen LogP contribution in [0.3, 0.4) is 0 Å². The maximum absolute atomic E-state index is 13.9. The van der Waals surface area contributed by atoms with Crippen LogP contribution in [0.1, 0.15) is 47.7 Å². The van der Waals surface area contributed by atoms with Gasteiger partial charge in [0, 0.05) is 5.70 Å². The third kappa shape index (κ3) is 5.47. The van der Waals surface area contributed by atoms with Crippen LogP contribution < -0.4 is 29.6 Å². The molecule has 0 saturated carbocycles. The molecule has 6 rings (SSSR count). The lowest BCUT2D eigenvalue weighted by Crippen LogP contribution is -2.46. The van der Waals surface area contributed by atoms with Crippen molar-refractivity contribution >= 4 is 12.0 Å². The van der Waals surface area contributed by atoms with E-state index < -0.39 is 24.1 Å². The van der Waals surface area contributed by atoms with Crippen molar-refractivity contribution in [3.8, 4) is 29.1 Å². The van der Waals surface area contributed by atoms with Gasteiger partial charge >= 0.3 is 12.0 Å². The van der Waals surface area contributed by atoms with Gasteiger partial charge in [-0.25, -0.2) is 9.59 Å². The predicted molar refractivity (Wildman–Crippen MR) is 145 cm³/mol. The van der Waals surface area contributed by atoms with Gasteiger partial charge in [0.1, 0.15) is 19.3 Å². The topological polar surface area (TPSA) is 128 Å². The zero-order valence-corrected chi connectivity index (χ0v) is 22.3. The highest BCUT2D eigenvalue weighted by molar-refractivity contribution is 5.95. The van der Waals surface area contributed by atoms with Crippen molar-refractivity contribution in [3.63, 3.8) is 0 Å². The van der Waals surface area contributed by atoms with Gasteiger partial charge in [0.25, 0.3) is 0 Å². The molecule has 0 aliphatic carbocycles. The molecule has 0 aromatic heterocycles. The number of carbonyl (C=O) groups is 2. The van der Waals surface area contributed by atoms with Crippen LogP contribution in [-0.2, 0) is 16.0 Å². The highest BCUT2D eigenvalue weighted by Gasteiger charge is 2.35. The van der Waals surface area contributed by atoms with Gasteiger partial charge in [-0.05, 0) is 72.9 Å². The number of fused-ring (bicyclic) bond motifs is 2. The summed E-state index contributed by atoms with van der Waals surface area (Å²) in [7, 11) is 0. The summed E-state index contributed by atoms with van der Waals surface area (Å²) in [6, 6.07) is 18.8. The first-order valence-electron chi connectivity index (χ1n) is 13.3. The van der Waals surface area contributed by atoms with Crippen LogP contribution in [-0.4, -0.2) is 32.0 Å². The fourth-order valence-electron chi connectivity index (χ4n) is 5.06. The number of benzene rings is 3. The van der Waals surface area contributed by atoms with E-state index in [2.05, 4.69) is 16.7 Å². The standard InChI is InChI=1S/C31H27N3O7/c1-18(21-4-2-3-20(13-21)16-32)41-30(35)28-23(8-5-19-6-9-25-26(14-19)40-17-39-25)33-31(36)34-29(28)22-7-10-24-27(15-22)38-12-11-37-24/h2-4,6-7,9-10,13-15,18,29H,5,8,11-12,17H2,1H3,(H2,33,34,36). The monoisotopic (exact) mass is 553 g/mol. The molecule has 3 heterocycles. The lowest BCUT2D eigenvalue weighted by atomic mass is 9.92. The van der Waals surface area contributed by atoms with E-state index in [1.807, 2.05) is 18.2 Å². The molecule has 3 aliphatic rings. The Bertz CT molecular complexity index is 1590. The van der Waals surface area contributed by atoms with Gasteiger partial charge in [-0.15, -0.1) is 0 Å². The Morgan fingerprint density at radius 1 is 0.976 bits per heavy atom. The quantitative estimate of drug-likeness (QED) is 0.406. The summed E-state index contributed by atoms with van der Waals surface area (Å²) in [5, 5.41) is 15.0. The van der Waals surface area contributed by atoms with Crippen molar-refractivity contribution < 1.29 is 33.3 Å². The molecule has 3 aliphatic heterocycles. The Kier molecular flexibility index (Phi) is 7.08. The van der Waals surface area contributed by atoms with Gasteiger partial charge in [-0.3, -0.25) is 0 Å². The number of nitrogens with zero attached hydrogens (tertiary/aromatic N) is 1. The average Bonchev–Trinajstić information content (AvgIpc) is 3.47. The normalized spacial score (nSPS) is 17.7. The van der Waals surface area contributed by atoms with Gasteiger partial charge < -0.3 is 34.3 Å². The molecule has 10 heteroatoms. The number of urea groups is 1. The number of hydrogen-bond acceptors (Lipinski definition) is 8. The largest absolute Gasteiger partial charge is 0.486 e. The number of rotatable bonds is 7. The second kappa shape index (κ2) is 11.1. The van der Waals surface area contributed by atoms with Crippen LogP contribution in [0.15, 0.2) is 71.9 Å². The summed E-state index contributed by atoms with van der Waals surface area (Å²) in [5.74, 6) is 1.89. The summed E-state index contributed by atoms with van der Waals surface area (Å²) in [5.41, 5.74) is 3.49. The molecule has 2 unspecified atom stereocenters. The number of hydrogen-bond donors (Lipinski definition) is 2. The van der Waals surface area contributed by atoms with Crippen molar-refractivity contribution in [1.82, 2.24) is 10.6 Å². The molecule has 208 valence electrons. The van der Waals surface area contributed by atoms with Crippen molar-refractivity contribution in [2.75, 3.05) is 20.0 Å². The number of nitrogens with one attached hydrogen (secondary N) is 2. The number of carbonyl (C=O) groups excluding carboxylic acids is 2. The summed E-state index contributed by atoms with van der Waals surface area (Å²) in [6.07, 6.45) is 0.241. The van der Waals surface area contributed by atoms with Gasteiger partial charge in [0.15, 0.2) is 23.0 Å². The number of ether oxygens (including phenoxy) is 5. The van der Waals surface area contributed by atoms with E-state index in [0.29, 0.717) is 71.4 Å². The Morgan fingerprint density at radius 2 is 1.73 bits per heavy atom. The molecule has 0 fully saturated rings. The maximum atomic E-state index is 13.9. The van der Waals surface area contributed by atoms with Crippen LogP contribution in [0.4, 0.5) is 4.79 Å². The van der Waals surface area contributed by atoms with Crippen LogP contribution in [0.25, 0.3) is 0 Å². The van der Waals surface area contributed by atoms with Gasteiger partial charge in [-0.1, -0.05) is 24.3 Å². The number of allylic oxidation sites excluding steroid dienone is 1. The van der Waals surface area contributed by atoms with E-state index in [1.165, 1.54) is 0 Å². The first kappa shape index (κ1) is 26.1. The van der Waals surface area contributed by atoms with Crippen molar-refractivity contribution in [3.05, 3.63) is 94.2 Å².